The fraction of sp³-hybridized carbons (Fsp3) is 0.143. The maximum atomic E-state index is 7.87. The summed E-state index contributed by atoms with van der Waals surface area (Å²) in [4.78, 5) is 5.00. The smallest absolute Gasteiger partial charge is 0.260 e. The van der Waals surface area contributed by atoms with Crippen LogP contribution >= 0.6 is 0 Å². The van der Waals surface area contributed by atoms with E-state index in [4.69, 9.17) is 27.5 Å². The molecule has 3 aromatic heterocycles. The summed E-state index contributed by atoms with van der Waals surface area (Å²) in [6.45, 7) is 26.2. The van der Waals surface area contributed by atoms with E-state index in [0.29, 0.717) is 0 Å². The first-order chi connectivity index (χ1) is 56.6. The zero-order chi connectivity index (χ0) is 78.9. The van der Waals surface area contributed by atoms with E-state index in [2.05, 4.69) is 359 Å². The number of furan rings is 3. The van der Waals surface area contributed by atoms with Gasteiger partial charge in [0, 0.05) is 123 Å². The molecular weight excluding hydrogens is 1430 g/mol. The monoisotopic (exact) mass is 1510 g/mol. The molecule has 0 radical (unpaired) electrons. The fourth-order valence-electron chi connectivity index (χ4n) is 21.0. The minimum atomic E-state index is -0.382. The van der Waals surface area contributed by atoms with Gasteiger partial charge in [-0.05, 0) is 169 Å². The molecule has 0 amide bonds. The van der Waals surface area contributed by atoms with Gasteiger partial charge in [-0.25, -0.2) is 0 Å². The highest BCUT2D eigenvalue weighted by Gasteiger charge is 2.50. The van der Waals surface area contributed by atoms with E-state index in [1.165, 1.54) is 27.6 Å². The van der Waals surface area contributed by atoms with E-state index in [1.54, 1.807) is 0 Å². The van der Waals surface area contributed by atoms with Gasteiger partial charge in [0.2, 0.25) is 0 Å². The molecular formula is C105H80B3N3O6. The van der Waals surface area contributed by atoms with E-state index in [-0.39, 0.29) is 36.4 Å². The number of fused-ring (bicyclic) bond motifs is 21. The van der Waals surface area contributed by atoms with E-state index < -0.39 is 0 Å². The van der Waals surface area contributed by atoms with Crippen LogP contribution in [0.5, 0.6) is 34.5 Å². The van der Waals surface area contributed by atoms with Crippen LogP contribution in [-0.2, 0) is 16.2 Å². The Morgan fingerprint density at radius 3 is 1.26 bits per heavy atom. The van der Waals surface area contributed by atoms with Gasteiger partial charge in [-0.15, -0.1) is 0 Å². The van der Waals surface area contributed by atoms with Gasteiger partial charge in [0.15, 0.2) is 0 Å². The third-order valence-corrected chi connectivity index (χ3v) is 26.0. The van der Waals surface area contributed by atoms with Gasteiger partial charge in [-0.3, -0.25) is 0 Å². The van der Waals surface area contributed by atoms with Crippen molar-refractivity contribution in [3.63, 3.8) is 0 Å². The van der Waals surface area contributed by atoms with Crippen LogP contribution in [-0.4, -0.2) is 20.1 Å². The third-order valence-electron chi connectivity index (χ3n) is 26.0. The Bertz CT molecular complexity index is 7470. The maximum Gasteiger partial charge on any atom is 0.260 e. The Hall–Kier alpha value is -13.3. The average Bonchev–Trinajstić information content (AvgIpc) is 1.28. The van der Waals surface area contributed by atoms with Crippen molar-refractivity contribution in [1.82, 2.24) is 0 Å². The second-order valence-electron chi connectivity index (χ2n) is 36.4. The molecule has 6 aliphatic heterocycles. The molecule has 9 nitrogen and oxygen atoms in total. The van der Waals surface area contributed by atoms with Gasteiger partial charge in [-0.2, -0.15) is 0 Å². The van der Waals surface area contributed by atoms with Crippen LogP contribution < -0.4 is 78.5 Å². The number of hydrogen-bond acceptors (Lipinski definition) is 9. The molecule has 0 saturated carbocycles. The minimum absolute atomic E-state index is 0.139. The zero-order valence-corrected chi connectivity index (χ0v) is 67.4. The number of nitrogens with one attached hydrogen (secondary N) is 1. The largest absolute Gasteiger partial charge is 0.458 e. The Labute approximate surface area is 680 Å². The fourth-order valence-corrected chi connectivity index (χ4v) is 21.0. The summed E-state index contributed by atoms with van der Waals surface area (Å²) in [5.41, 5.74) is 36.2. The van der Waals surface area contributed by atoms with Crippen LogP contribution in [0.3, 0.4) is 0 Å². The molecule has 0 saturated heterocycles. The standard InChI is InChI=1S/C105H80B3N3O6/c1-56-44-57(2)96(58(3)45-56)111-84-55-89-80(53-78(84)107-76-41-17-19-43-87(76)112-90-49-60(48-86(111)94(90)107)64-29-21-32-67-70-35-24-38-73(104(7,8)9)101(70)116-98(64)67)108-79-52-77-81(54-88(79)113-91-50-61(51-92(114-89)95(91)108)65-30-22-33-68-71-36-25-39-74(105(10,11)12)102(71)117-99(65)68)109-82-46-59(63-28-20-31-66-69-34-23-37-72(103(4,5)6)100(69)115-97(63)66)47-85-93(82)106(77)75-40-16-18-42-83(75)110(85)62-26-14-13-15-27-62/h13-55,109H,1-12H3. The van der Waals surface area contributed by atoms with Gasteiger partial charge in [0.05, 0.1) is 5.69 Å². The molecule has 12 heteroatoms. The van der Waals surface area contributed by atoms with Crippen molar-refractivity contribution in [3.05, 3.63) is 294 Å². The van der Waals surface area contributed by atoms with Gasteiger partial charge >= 0.3 is 0 Å². The molecule has 1 N–H and O–H groups in total. The molecule has 18 aromatic rings. The van der Waals surface area contributed by atoms with Crippen molar-refractivity contribution < 1.29 is 27.5 Å². The number of nitrogens with zero attached hydrogens (tertiary/aromatic N) is 2. The first kappa shape index (κ1) is 68.1. The van der Waals surface area contributed by atoms with Crippen LogP contribution in [0.15, 0.2) is 274 Å². The molecule has 0 bridgehead atoms. The summed E-state index contributed by atoms with van der Waals surface area (Å²) in [6, 6.07) is 96.2. The van der Waals surface area contributed by atoms with Crippen molar-refractivity contribution in [2.75, 3.05) is 15.1 Å². The summed E-state index contributed by atoms with van der Waals surface area (Å²) in [5.74, 6) is 4.60. The highest BCUT2D eigenvalue weighted by molar-refractivity contribution is 7.03. The van der Waals surface area contributed by atoms with E-state index >= 15 is 0 Å². The number of aryl methyl sites for hydroxylation is 3. The number of ether oxygens (including phenoxy) is 3. The summed E-state index contributed by atoms with van der Waals surface area (Å²) in [5, 5.41) is 10.7. The van der Waals surface area contributed by atoms with Gasteiger partial charge < -0.3 is 42.6 Å². The lowest BCUT2D eigenvalue weighted by atomic mass is 9.30. The predicted octanol–water partition coefficient (Wildman–Crippen LogP) is 22.7. The third kappa shape index (κ3) is 9.76. The van der Waals surface area contributed by atoms with E-state index in [1.807, 2.05) is 0 Å². The number of anilines is 8. The Morgan fingerprint density at radius 1 is 0.282 bits per heavy atom. The second kappa shape index (κ2) is 23.9. The van der Waals surface area contributed by atoms with Gasteiger partial charge in [0.25, 0.3) is 20.1 Å². The number of para-hydroxylation sites is 9. The number of benzene rings is 15. The van der Waals surface area contributed by atoms with Crippen molar-refractivity contribution >= 4 is 181 Å². The molecule has 0 aliphatic carbocycles. The molecule has 0 spiro atoms. The molecule has 117 heavy (non-hydrogen) atoms. The highest BCUT2D eigenvalue weighted by atomic mass is 16.5. The van der Waals surface area contributed by atoms with Crippen LogP contribution in [0.2, 0.25) is 0 Å². The lowest BCUT2D eigenvalue weighted by Gasteiger charge is -2.43. The molecule has 9 heterocycles. The van der Waals surface area contributed by atoms with Crippen molar-refractivity contribution in [1.29, 1.82) is 0 Å². The van der Waals surface area contributed by atoms with Crippen LogP contribution in [0.25, 0.3) is 99.2 Å². The highest BCUT2D eigenvalue weighted by Crippen LogP contribution is 2.53. The van der Waals surface area contributed by atoms with E-state index in [0.717, 1.165) is 234 Å². The van der Waals surface area contributed by atoms with Crippen molar-refractivity contribution in [2.45, 2.75) is 99.3 Å². The first-order valence-corrected chi connectivity index (χ1v) is 41.1. The summed E-state index contributed by atoms with van der Waals surface area (Å²) in [7, 11) is 0. The van der Waals surface area contributed by atoms with Gasteiger partial charge in [-0.1, -0.05) is 256 Å². The number of rotatable bonds is 5. The lowest BCUT2D eigenvalue weighted by Crippen LogP contribution is -2.64. The Balaban J connectivity index is 0.750. The molecule has 0 unspecified atom stereocenters. The second-order valence-corrected chi connectivity index (χ2v) is 36.4. The van der Waals surface area contributed by atoms with E-state index in [9.17, 15) is 0 Å². The topological polar surface area (TPSA) is 85.6 Å². The summed E-state index contributed by atoms with van der Waals surface area (Å²) < 4.78 is 44.7. The number of hydrogen-bond donors (Lipinski definition) is 1. The molecule has 560 valence electrons. The Morgan fingerprint density at radius 2 is 0.709 bits per heavy atom. The normalized spacial score (nSPS) is 14.0. The van der Waals surface area contributed by atoms with Crippen LogP contribution in [0.1, 0.15) is 95.7 Å². The maximum absolute atomic E-state index is 7.87. The van der Waals surface area contributed by atoms with Crippen molar-refractivity contribution in [2.24, 2.45) is 0 Å². The lowest BCUT2D eigenvalue weighted by molar-refractivity contribution is 0.465. The van der Waals surface area contributed by atoms with Gasteiger partial charge in [0.1, 0.15) is 68.0 Å². The molecule has 0 atom stereocenters. The molecule has 15 aromatic carbocycles. The SMILES string of the molecule is Cc1cc(C)c(N2c3cc4c(cc3B3c5ccccc5Oc5cc(-c6cccc7c6oc6c(C(C)(C)C)cccc67)cc2c53)B2c3cc5c(cc3Oc3cc(-c6cccc7c6oc6c(C(C)(C)C)cccc67)cc(c32)O4)Nc2cc(-c3cccc4c3oc3c(C(C)(C)C)cccc34)cc3c2B5c2ccccc2N3c2ccccc2)c(C)c1. The molecule has 6 aliphatic rings. The zero-order valence-electron chi connectivity index (χ0n) is 67.4. The van der Waals surface area contributed by atoms with Crippen molar-refractivity contribution in [3.8, 4) is 67.9 Å². The molecule has 24 rings (SSSR count). The summed E-state index contributed by atoms with van der Waals surface area (Å²) >= 11 is 0. The predicted molar refractivity (Wildman–Crippen MR) is 488 cm³/mol. The average molecular weight is 1510 g/mol. The molecule has 0 fully saturated rings. The van der Waals surface area contributed by atoms with Crippen LogP contribution in [0.4, 0.5) is 45.5 Å². The minimum Gasteiger partial charge on any atom is -0.458 e. The quantitative estimate of drug-likeness (QED) is 0.169. The van der Waals surface area contributed by atoms with Crippen LogP contribution in [0, 0.1) is 20.8 Å². The Kier molecular flexibility index (Phi) is 13.9. The first-order valence-electron chi connectivity index (χ1n) is 41.1. The summed E-state index contributed by atoms with van der Waals surface area (Å²) in [6.07, 6.45) is 0.